The van der Waals surface area contributed by atoms with E-state index in [2.05, 4.69) is 22.1 Å². The molecule has 1 aromatic carbocycles. The van der Waals surface area contributed by atoms with Gasteiger partial charge in [-0.3, -0.25) is 4.79 Å². The van der Waals surface area contributed by atoms with Crippen LogP contribution in [-0.4, -0.2) is 28.2 Å². The number of hydrogen-bond acceptors (Lipinski definition) is 5. The molecule has 0 fully saturated rings. The van der Waals surface area contributed by atoms with Crippen LogP contribution in [-0.2, 0) is 4.79 Å². The molecule has 0 aliphatic carbocycles. The van der Waals surface area contributed by atoms with Crippen molar-refractivity contribution < 1.29 is 4.79 Å². The maximum Gasteiger partial charge on any atom is 0.237 e. The fraction of sp³-hybridized carbons (Fsp3) is 0.400. The highest BCUT2D eigenvalue weighted by Gasteiger charge is 2.17. The van der Waals surface area contributed by atoms with Gasteiger partial charge >= 0.3 is 0 Å². The smallest absolute Gasteiger partial charge is 0.237 e. The third-order valence-corrected chi connectivity index (χ3v) is 5.04. The fourth-order valence-corrected chi connectivity index (χ4v) is 3.49. The summed E-state index contributed by atoms with van der Waals surface area (Å²) in [6, 6.07) is 8.14. The fourth-order valence-electron chi connectivity index (χ4n) is 2.68. The van der Waals surface area contributed by atoms with Gasteiger partial charge in [-0.1, -0.05) is 17.8 Å². The number of aryl methyl sites for hydroxylation is 4. The third kappa shape index (κ3) is 5.06. The second-order valence-corrected chi connectivity index (χ2v) is 7.33. The Balaban J connectivity index is 2.18. The second-order valence-electron chi connectivity index (χ2n) is 6.39. The van der Waals surface area contributed by atoms with Crippen LogP contribution in [0.5, 0.6) is 0 Å². The standard InChI is InChI=1S/C20H24N4OS/c1-13-9-14(2)11-18(10-13)24(8-6-7-21)19(25)12-26-20-22-16(4)15(3)17(5)23-20/h9-11H,6,8,12H2,1-5H3. The largest absolute Gasteiger partial charge is 0.311 e. The molecule has 0 unspecified atom stereocenters. The zero-order chi connectivity index (χ0) is 19.3. The van der Waals surface area contributed by atoms with Crippen molar-refractivity contribution in [2.75, 3.05) is 17.2 Å². The molecule has 0 aliphatic rings. The van der Waals surface area contributed by atoms with Crippen molar-refractivity contribution in [1.82, 2.24) is 9.97 Å². The molecule has 0 N–H and O–H groups in total. The molecule has 0 radical (unpaired) electrons. The van der Waals surface area contributed by atoms with Gasteiger partial charge in [-0.05, 0) is 63.4 Å². The summed E-state index contributed by atoms with van der Waals surface area (Å²) in [6.45, 7) is 10.3. The minimum absolute atomic E-state index is 0.0465. The number of amides is 1. The van der Waals surface area contributed by atoms with Crippen molar-refractivity contribution in [2.24, 2.45) is 0 Å². The van der Waals surface area contributed by atoms with E-state index in [1.807, 2.05) is 46.8 Å². The SMILES string of the molecule is Cc1cc(C)cc(N(CCC#N)C(=O)CSc2nc(C)c(C)c(C)n2)c1. The molecule has 1 amide bonds. The van der Waals surface area contributed by atoms with E-state index in [0.29, 0.717) is 18.1 Å². The molecule has 1 aromatic heterocycles. The van der Waals surface area contributed by atoms with E-state index < -0.39 is 0 Å². The van der Waals surface area contributed by atoms with Crippen LogP contribution in [0.4, 0.5) is 5.69 Å². The average molecular weight is 369 g/mol. The molecule has 136 valence electrons. The molecule has 0 bridgehead atoms. The van der Waals surface area contributed by atoms with Gasteiger partial charge in [0.2, 0.25) is 5.91 Å². The van der Waals surface area contributed by atoms with Gasteiger partial charge in [-0.2, -0.15) is 5.26 Å². The normalized spacial score (nSPS) is 10.5. The third-order valence-electron chi connectivity index (χ3n) is 4.20. The van der Waals surface area contributed by atoms with Crippen LogP contribution in [0.15, 0.2) is 23.4 Å². The van der Waals surface area contributed by atoms with E-state index in [-0.39, 0.29) is 11.7 Å². The quantitative estimate of drug-likeness (QED) is 0.568. The van der Waals surface area contributed by atoms with E-state index in [0.717, 1.165) is 33.8 Å². The van der Waals surface area contributed by atoms with Gasteiger partial charge in [0.15, 0.2) is 5.16 Å². The van der Waals surface area contributed by atoms with Gasteiger partial charge < -0.3 is 4.90 Å². The first kappa shape index (κ1) is 19.9. The van der Waals surface area contributed by atoms with Crippen LogP contribution in [0.2, 0.25) is 0 Å². The topological polar surface area (TPSA) is 69.9 Å². The lowest BCUT2D eigenvalue weighted by molar-refractivity contribution is -0.116. The van der Waals surface area contributed by atoms with Crippen LogP contribution in [0.1, 0.15) is 34.5 Å². The molecular formula is C20H24N4OS. The van der Waals surface area contributed by atoms with E-state index >= 15 is 0 Å². The lowest BCUT2D eigenvalue weighted by atomic mass is 10.1. The second kappa shape index (κ2) is 8.81. The number of aromatic nitrogens is 2. The van der Waals surface area contributed by atoms with Gasteiger partial charge in [0, 0.05) is 23.6 Å². The molecule has 1 heterocycles. The lowest BCUT2D eigenvalue weighted by Gasteiger charge is -2.22. The zero-order valence-electron chi connectivity index (χ0n) is 16.0. The Hall–Kier alpha value is -2.39. The number of hydrogen-bond donors (Lipinski definition) is 0. The maximum absolute atomic E-state index is 12.8. The van der Waals surface area contributed by atoms with E-state index in [1.54, 1.807) is 4.90 Å². The number of carbonyl (C=O) groups excluding carboxylic acids is 1. The Kier molecular flexibility index (Phi) is 6.76. The molecule has 5 nitrogen and oxygen atoms in total. The number of anilines is 1. The molecule has 0 saturated carbocycles. The summed E-state index contributed by atoms with van der Waals surface area (Å²) in [5.74, 6) is 0.190. The van der Waals surface area contributed by atoms with Crippen molar-refractivity contribution >= 4 is 23.4 Å². The highest BCUT2D eigenvalue weighted by Crippen LogP contribution is 2.22. The number of carbonyl (C=O) groups is 1. The van der Waals surface area contributed by atoms with Gasteiger partial charge in [0.1, 0.15) is 0 Å². The predicted octanol–water partition coefficient (Wildman–Crippen LogP) is 4.06. The summed E-state index contributed by atoms with van der Waals surface area (Å²) in [7, 11) is 0. The molecule has 6 heteroatoms. The molecule has 2 aromatic rings. The van der Waals surface area contributed by atoms with Crippen molar-refractivity contribution in [3.63, 3.8) is 0 Å². The average Bonchev–Trinajstić information content (AvgIpc) is 2.57. The molecular weight excluding hydrogens is 344 g/mol. The van der Waals surface area contributed by atoms with Crippen LogP contribution in [0.25, 0.3) is 0 Å². The highest BCUT2D eigenvalue weighted by atomic mass is 32.2. The molecule has 0 atom stereocenters. The van der Waals surface area contributed by atoms with Crippen molar-refractivity contribution in [3.8, 4) is 6.07 Å². The molecule has 2 rings (SSSR count). The van der Waals surface area contributed by atoms with Crippen molar-refractivity contribution in [2.45, 2.75) is 46.2 Å². The molecule has 0 aliphatic heterocycles. The predicted molar refractivity (Wildman–Crippen MR) is 105 cm³/mol. The monoisotopic (exact) mass is 368 g/mol. The van der Waals surface area contributed by atoms with Crippen LogP contribution >= 0.6 is 11.8 Å². The first-order valence-corrected chi connectivity index (χ1v) is 9.50. The molecule has 0 saturated heterocycles. The Morgan fingerprint density at radius 1 is 1.08 bits per heavy atom. The minimum atomic E-state index is -0.0465. The van der Waals surface area contributed by atoms with Crippen molar-refractivity contribution in [3.05, 3.63) is 46.3 Å². The lowest BCUT2D eigenvalue weighted by Crippen LogP contribution is -2.33. The number of thioether (sulfide) groups is 1. The molecule has 0 spiro atoms. The molecule has 26 heavy (non-hydrogen) atoms. The highest BCUT2D eigenvalue weighted by molar-refractivity contribution is 7.99. The van der Waals surface area contributed by atoms with Gasteiger partial charge in [0.25, 0.3) is 0 Å². The van der Waals surface area contributed by atoms with E-state index in [9.17, 15) is 4.79 Å². The van der Waals surface area contributed by atoms with Gasteiger partial charge in [-0.15, -0.1) is 0 Å². The Morgan fingerprint density at radius 3 is 2.19 bits per heavy atom. The van der Waals surface area contributed by atoms with Gasteiger partial charge in [-0.25, -0.2) is 9.97 Å². The summed E-state index contributed by atoms with van der Waals surface area (Å²) in [4.78, 5) is 23.4. The van der Waals surface area contributed by atoms with Gasteiger partial charge in [0.05, 0.1) is 18.2 Å². The Morgan fingerprint density at radius 2 is 1.65 bits per heavy atom. The summed E-state index contributed by atoms with van der Waals surface area (Å²) in [6.07, 6.45) is 0.294. The number of nitriles is 1. The Labute approximate surface area is 159 Å². The number of rotatable bonds is 6. The van der Waals surface area contributed by atoms with E-state index in [1.165, 1.54) is 11.8 Å². The summed E-state index contributed by atoms with van der Waals surface area (Å²) < 4.78 is 0. The first-order chi connectivity index (χ1) is 12.3. The summed E-state index contributed by atoms with van der Waals surface area (Å²) in [5, 5.41) is 9.55. The van der Waals surface area contributed by atoms with E-state index in [4.69, 9.17) is 5.26 Å². The van der Waals surface area contributed by atoms with Crippen LogP contribution in [0.3, 0.4) is 0 Å². The zero-order valence-corrected chi connectivity index (χ0v) is 16.8. The van der Waals surface area contributed by atoms with Crippen molar-refractivity contribution in [1.29, 1.82) is 5.26 Å². The Bertz CT molecular complexity index is 814. The summed E-state index contributed by atoms with van der Waals surface area (Å²) >= 11 is 1.33. The van der Waals surface area contributed by atoms with Crippen LogP contribution < -0.4 is 4.90 Å². The number of benzene rings is 1. The first-order valence-electron chi connectivity index (χ1n) is 8.52. The summed E-state index contributed by atoms with van der Waals surface area (Å²) in [5.41, 5.74) is 5.96. The number of nitrogens with zero attached hydrogens (tertiary/aromatic N) is 4. The maximum atomic E-state index is 12.8. The van der Waals surface area contributed by atoms with Crippen LogP contribution in [0, 0.1) is 45.9 Å². The minimum Gasteiger partial charge on any atom is -0.311 e.